The van der Waals surface area contributed by atoms with E-state index >= 15 is 0 Å². The lowest BCUT2D eigenvalue weighted by Crippen LogP contribution is -2.20. The predicted octanol–water partition coefficient (Wildman–Crippen LogP) is 5.72. The standard InChI is InChI=1S/C26H26O.C2H2.CH5OP/c1-5-7-20-10-13-23-25(16-20)27-24-14-17(3)8-11-22(24)26(23)21-12-9-19(6-2)15-18(21)4;1-2;1-3-2/h8-16H,3,5-7H2,1-2,4H3;1-2H;2-3H,1H3. The highest BCUT2D eigenvalue weighted by molar-refractivity contribution is 7.29. The van der Waals surface area contributed by atoms with Crippen LogP contribution in [0.25, 0.3) is 12.2 Å². The number of ether oxygens (including phenoxy) is 1. The van der Waals surface area contributed by atoms with Crippen molar-refractivity contribution in [3.63, 3.8) is 0 Å². The molecule has 0 spiro atoms. The third kappa shape index (κ3) is 5.68. The molecule has 0 aliphatic carbocycles. The second kappa shape index (κ2) is 12.3. The molecule has 166 valence electrons. The summed E-state index contributed by atoms with van der Waals surface area (Å²) in [6.45, 7) is 12.4. The van der Waals surface area contributed by atoms with Gasteiger partial charge in [0, 0.05) is 25.2 Å². The highest BCUT2D eigenvalue weighted by atomic mass is 31.1. The molecule has 0 fully saturated rings. The van der Waals surface area contributed by atoms with Crippen LogP contribution < -0.4 is 15.2 Å². The van der Waals surface area contributed by atoms with Crippen molar-refractivity contribution >= 4 is 21.0 Å². The Morgan fingerprint density at radius 3 is 2.19 bits per heavy atom. The first-order chi connectivity index (χ1) is 15.5. The van der Waals surface area contributed by atoms with Crippen molar-refractivity contribution in [1.82, 2.24) is 0 Å². The van der Waals surface area contributed by atoms with Crippen molar-refractivity contribution in [2.75, 3.05) is 6.66 Å². The van der Waals surface area contributed by atoms with E-state index in [1.54, 1.807) is 6.66 Å². The molecular weight excluding hydrogens is 411 g/mol. The lowest BCUT2D eigenvalue weighted by molar-refractivity contribution is 0.471. The minimum absolute atomic E-state index is 0.0833. The third-order valence-corrected chi connectivity index (χ3v) is 5.36. The molecule has 0 saturated carbocycles. The van der Waals surface area contributed by atoms with Gasteiger partial charge in [-0.05, 0) is 66.0 Å². The molecule has 4 rings (SSSR count). The van der Waals surface area contributed by atoms with E-state index in [4.69, 9.17) is 9.63 Å². The minimum atomic E-state index is 0.0833. The molecule has 1 atom stereocenters. The summed E-state index contributed by atoms with van der Waals surface area (Å²) >= 11 is 0. The first-order valence-electron chi connectivity index (χ1n) is 10.9. The monoisotopic (exact) mass is 444 g/mol. The van der Waals surface area contributed by atoms with E-state index in [1.165, 1.54) is 33.4 Å². The van der Waals surface area contributed by atoms with E-state index in [1.807, 2.05) is 6.07 Å². The van der Waals surface area contributed by atoms with Crippen LogP contribution in [-0.4, -0.2) is 11.6 Å². The van der Waals surface area contributed by atoms with E-state index in [0.717, 1.165) is 41.2 Å². The van der Waals surface area contributed by atoms with Crippen LogP contribution in [0.1, 0.15) is 48.1 Å². The van der Waals surface area contributed by atoms with E-state index in [0.29, 0.717) is 0 Å². The summed E-state index contributed by atoms with van der Waals surface area (Å²) < 4.78 is 6.32. The molecule has 0 radical (unpaired) electrons. The van der Waals surface area contributed by atoms with Crippen molar-refractivity contribution in [3.8, 4) is 24.3 Å². The number of hydrogen-bond acceptors (Lipinski definition) is 2. The average Bonchev–Trinajstić information content (AvgIpc) is 2.79. The maximum absolute atomic E-state index is 7.60. The topological polar surface area (TPSA) is 29.5 Å². The molecule has 1 heterocycles. The molecule has 1 aliphatic rings. The van der Waals surface area contributed by atoms with Gasteiger partial charge in [0.25, 0.3) is 0 Å². The Morgan fingerprint density at radius 2 is 1.56 bits per heavy atom. The van der Waals surface area contributed by atoms with Gasteiger partial charge in [-0.25, -0.2) is 0 Å². The lowest BCUT2D eigenvalue weighted by atomic mass is 9.88. The Bertz CT molecular complexity index is 1190. The maximum Gasteiger partial charge on any atom is 0.135 e. The van der Waals surface area contributed by atoms with Crippen LogP contribution in [0.15, 0.2) is 54.6 Å². The molecule has 1 unspecified atom stereocenters. The van der Waals surface area contributed by atoms with Crippen molar-refractivity contribution in [3.05, 3.63) is 92.9 Å². The summed E-state index contributed by atoms with van der Waals surface area (Å²) in [7, 11) is 0.0833. The van der Waals surface area contributed by atoms with Gasteiger partial charge in [0.2, 0.25) is 0 Å². The van der Waals surface area contributed by atoms with Crippen LogP contribution in [0.4, 0.5) is 0 Å². The highest BCUT2D eigenvalue weighted by Gasteiger charge is 2.21. The van der Waals surface area contributed by atoms with Gasteiger partial charge in [0.05, 0.1) is 0 Å². The van der Waals surface area contributed by atoms with Crippen LogP contribution in [0, 0.1) is 19.8 Å². The number of hydrogen-bond donors (Lipinski definition) is 1. The molecule has 3 heteroatoms. The number of rotatable bonds is 4. The molecule has 3 aromatic rings. The van der Waals surface area contributed by atoms with Crippen LogP contribution in [0.5, 0.6) is 11.5 Å². The van der Waals surface area contributed by atoms with Crippen molar-refractivity contribution < 1.29 is 9.63 Å². The van der Waals surface area contributed by atoms with Crippen LogP contribution >= 0.6 is 8.81 Å². The minimum Gasteiger partial charge on any atom is -0.456 e. The van der Waals surface area contributed by atoms with Crippen LogP contribution in [-0.2, 0) is 12.8 Å². The SMILES string of the molecule is C#C.C=c1ccc2c(c1)Oc1cc(CCC)ccc1C=2c1ccc(CC)cc1C.CPO. The normalized spacial score (nSPS) is 11.4. The summed E-state index contributed by atoms with van der Waals surface area (Å²) in [5.74, 6) is 1.85. The van der Waals surface area contributed by atoms with Crippen molar-refractivity contribution in [1.29, 1.82) is 0 Å². The van der Waals surface area contributed by atoms with Crippen LogP contribution in [0.2, 0.25) is 0 Å². The smallest absolute Gasteiger partial charge is 0.135 e. The van der Waals surface area contributed by atoms with Gasteiger partial charge in [-0.1, -0.05) is 69.3 Å². The first kappa shape index (κ1) is 25.4. The lowest BCUT2D eigenvalue weighted by Gasteiger charge is -2.23. The molecule has 3 aromatic carbocycles. The summed E-state index contributed by atoms with van der Waals surface area (Å²) in [6, 6.07) is 19.7. The molecule has 0 saturated heterocycles. The quantitative estimate of drug-likeness (QED) is 0.322. The molecule has 1 N–H and O–H groups in total. The summed E-state index contributed by atoms with van der Waals surface area (Å²) in [4.78, 5) is 7.60. The number of terminal acetylenes is 1. The zero-order valence-corrected chi connectivity index (χ0v) is 20.5. The number of benzene rings is 3. The van der Waals surface area contributed by atoms with E-state index in [9.17, 15) is 0 Å². The molecule has 0 bridgehead atoms. The van der Waals surface area contributed by atoms with Gasteiger partial charge in [-0.15, -0.1) is 12.8 Å². The van der Waals surface area contributed by atoms with Gasteiger partial charge in [0.15, 0.2) is 0 Å². The fraction of sp³-hybridized carbons (Fsp3) is 0.241. The maximum atomic E-state index is 7.60. The first-order valence-corrected chi connectivity index (χ1v) is 12.4. The summed E-state index contributed by atoms with van der Waals surface area (Å²) in [5.41, 5.74) is 7.71. The van der Waals surface area contributed by atoms with E-state index < -0.39 is 0 Å². The molecule has 1 aliphatic heterocycles. The van der Waals surface area contributed by atoms with Gasteiger partial charge in [-0.2, -0.15) is 0 Å². The fourth-order valence-corrected chi connectivity index (χ4v) is 3.94. The van der Waals surface area contributed by atoms with Gasteiger partial charge in [0.1, 0.15) is 11.5 Å². The zero-order valence-electron chi connectivity index (χ0n) is 19.5. The zero-order chi connectivity index (χ0) is 23.7. The average molecular weight is 445 g/mol. The largest absolute Gasteiger partial charge is 0.456 e. The Kier molecular flexibility index (Phi) is 9.73. The van der Waals surface area contributed by atoms with E-state index in [2.05, 4.69) is 88.7 Å². The Balaban J connectivity index is 0.000000671. The van der Waals surface area contributed by atoms with Gasteiger partial charge >= 0.3 is 0 Å². The Morgan fingerprint density at radius 1 is 0.906 bits per heavy atom. The van der Waals surface area contributed by atoms with Crippen molar-refractivity contribution in [2.24, 2.45) is 0 Å². The summed E-state index contributed by atoms with van der Waals surface area (Å²) in [6.07, 6.45) is 11.3. The van der Waals surface area contributed by atoms with E-state index in [-0.39, 0.29) is 8.81 Å². The molecular formula is C29H33O2P. The van der Waals surface area contributed by atoms with Crippen molar-refractivity contribution in [2.45, 2.75) is 40.0 Å². The molecule has 32 heavy (non-hydrogen) atoms. The molecule has 0 aromatic heterocycles. The predicted molar refractivity (Wildman–Crippen MR) is 140 cm³/mol. The Labute approximate surface area is 194 Å². The third-order valence-electron chi connectivity index (χ3n) is 5.36. The fourth-order valence-electron chi connectivity index (χ4n) is 3.94. The second-order valence-electron chi connectivity index (χ2n) is 7.61. The summed E-state index contributed by atoms with van der Waals surface area (Å²) in [5, 5.41) is 2.12. The van der Waals surface area contributed by atoms with Crippen LogP contribution in [0.3, 0.4) is 0 Å². The van der Waals surface area contributed by atoms with Gasteiger partial charge in [-0.3, -0.25) is 0 Å². The molecule has 0 amide bonds. The number of aryl methyl sites for hydroxylation is 3. The van der Waals surface area contributed by atoms with Gasteiger partial charge < -0.3 is 9.63 Å². The molecule has 2 nitrogen and oxygen atoms in total. The number of fused-ring (bicyclic) bond motifs is 2. The Hall–Kier alpha value is -2.85. The highest BCUT2D eigenvalue weighted by Crippen LogP contribution is 2.37. The second-order valence-corrected chi connectivity index (χ2v) is 8.06.